The first kappa shape index (κ1) is 18.4. The number of nitrogens with zero attached hydrogens (tertiary/aromatic N) is 3. The van der Waals surface area contributed by atoms with E-state index in [0.29, 0.717) is 0 Å². The van der Waals surface area contributed by atoms with Crippen LogP contribution >= 0.6 is 11.6 Å². The standard InChI is InChI=1S/C13H20ClN3O5/c1-12(2,3)22-10(18)5-6-13(4,19)8-16-7-9(17(20)21)15-11(16)14/h7,19H,5-6,8H2,1-4H3. The maximum absolute atomic E-state index is 11.7. The molecule has 1 N–H and O–H groups in total. The molecule has 0 aliphatic rings. The summed E-state index contributed by atoms with van der Waals surface area (Å²) in [5, 5.41) is 20.8. The second kappa shape index (κ2) is 6.62. The molecule has 0 radical (unpaired) electrons. The van der Waals surface area contributed by atoms with Crippen LogP contribution in [0.2, 0.25) is 5.28 Å². The van der Waals surface area contributed by atoms with Gasteiger partial charge in [-0.25, -0.2) is 0 Å². The molecule has 0 amide bonds. The van der Waals surface area contributed by atoms with Crippen molar-refractivity contribution in [3.63, 3.8) is 0 Å². The summed E-state index contributed by atoms with van der Waals surface area (Å²) in [7, 11) is 0. The number of aliphatic hydroxyl groups is 1. The number of hydrogen-bond acceptors (Lipinski definition) is 6. The van der Waals surface area contributed by atoms with E-state index < -0.39 is 27.9 Å². The molecule has 124 valence electrons. The topological polar surface area (TPSA) is 107 Å². The predicted molar refractivity (Wildman–Crippen MR) is 79.6 cm³/mol. The summed E-state index contributed by atoms with van der Waals surface area (Å²) in [6.07, 6.45) is 1.30. The third kappa shape index (κ3) is 5.98. The highest BCUT2D eigenvalue weighted by molar-refractivity contribution is 6.28. The molecule has 0 saturated heterocycles. The summed E-state index contributed by atoms with van der Waals surface area (Å²) in [4.78, 5) is 25.2. The van der Waals surface area contributed by atoms with Crippen molar-refractivity contribution in [2.45, 2.75) is 58.3 Å². The molecule has 0 aliphatic carbocycles. The van der Waals surface area contributed by atoms with Gasteiger partial charge >= 0.3 is 17.1 Å². The van der Waals surface area contributed by atoms with Crippen LogP contribution in [0.5, 0.6) is 0 Å². The zero-order chi connectivity index (χ0) is 17.1. The van der Waals surface area contributed by atoms with Gasteiger partial charge in [0, 0.05) is 6.42 Å². The first-order valence-corrected chi connectivity index (χ1v) is 7.09. The smallest absolute Gasteiger partial charge is 0.383 e. The number of carbonyl (C=O) groups excluding carboxylic acids is 1. The molecule has 0 spiro atoms. The van der Waals surface area contributed by atoms with Crippen LogP contribution < -0.4 is 0 Å². The Balaban J connectivity index is 2.64. The molecule has 1 atom stereocenters. The van der Waals surface area contributed by atoms with E-state index in [9.17, 15) is 20.0 Å². The molecule has 9 heteroatoms. The predicted octanol–water partition coefficient (Wildman–Crippen LogP) is 2.32. The van der Waals surface area contributed by atoms with Crippen molar-refractivity contribution in [1.82, 2.24) is 9.55 Å². The van der Waals surface area contributed by atoms with Gasteiger partial charge < -0.3 is 20.0 Å². The van der Waals surface area contributed by atoms with Gasteiger partial charge in [0.2, 0.25) is 0 Å². The Morgan fingerprint density at radius 1 is 1.50 bits per heavy atom. The van der Waals surface area contributed by atoms with Crippen LogP contribution in [0.1, 0.15) is 40.5 Å². The van der Waals surface area contributed by atoms with Gasteiger partial charge in [0.1, 0.15) is 11.8 Å². The maximum Gasteiger partial charge on any atom is 0.383 e. The van der Waals surface area contributed by atoms with E-state index in [2.05, 4.69) is 4.98 Å². The minimum absolute atomic E-state index is 0.0184. The molecular weight excluding hydrogens is 314 g/mol. The lowest BCUT2D eigenvalue weighted by atomic mass is 10.00. The van der Waals surface area contributed by atoms with E-state index in [-0.39, 0.29) is 24.7 Å². The Labute approximate surface area is 133 Å². The van der Waals surface area contributed by atoms with Crippen molar-refractivity contribution in [2.24, 2.45) is 0 Å². The summed E-state index contributed by atoms with van der Waals surface area (Å²) >= 11 is 5.79. The summed E-state index contributed by atoms with van der Waals surface area (Å²) in [6, 6.07) is 0. The fourth-order valence-electron chi connectivity index (χ4n) is 1.79. The van der Waals surface area contributed by atoms with Gasteiger partial charge in [0.05, 0.1) is 12.1 Å². The second-order valence-electron chi connectivity index (χ2n) is 6.34. The van der Waals surface area contributed by atoms with Crippen LogP contribution in [0.4, 0.5) is 5.82 Å². The van der Waals surface area contributed by atoms with Crippen molar-refractivity contribution in [1.29, 1.82) is 0 Å². The maximum atomic E-state index is 11.7. The van der Waals surface area contributed by atoms with E-state index in [1.807, 2.05) is 0 Å². The fraction of sp³-hybridized carbons (Fsp3) is 0.692. The Morgan fingerprint density at radius 3 is 2.55 bits per heavy atom. The summed E-state index contributed by atoms with van der Waals surface area (Å²) < 4.78 is 6.43. The highest BCUT2D eigenvalue weighted by Crippen LogP contribution is 2.22. The number of halogens is 1. The van der Waals surface area contributed by atoms with E-state index in [4.69, 9.17) is 16.3 Å². The molecule has 1 aromatic heterocycles. The van der Waals surface area contributed by atoms with Gasteiger partial charge in [0.15, 0.2) is 0 Å². The van der Waals surface area contributed by atoms with Gasteiger partial charge in [-0.05, 0) is 55.6 Å². The third-order valence-electron chi connectivity index (χ3n) is 2.70. The van der Waals surface area contributed by atoms with Crippen LogP contribution in [0, 0.1) is 10.1 Å². The molecule has 8 nitrogen and oxygen atoms in total. The minimum Gasteiger partial charge on any atom is -0.460 e. The van der Waals surface area contributed by atoms with Crippen molar-refractivity contribution in [2.75, 3.05) is 0 Å². The molecule has 0 aliphatic heterocycles. The van der Waals surface area contributed by atoms with Crippen molar-refractivity contribution >= 4 is 23.4 Å². The number of esters is 1. The molecule has 1 aromatic rings. The SMILES string of the molecule is CC(O)(CCC(=O)OC(C)(C)C)Cn1cc([N+](=O)[O-])nc1Cl. The average Bonchev–Trinajstić information content (AvgIpc) is 2.66. The van der Waals surface area contributed by atoms with Crippen LogP contribution in [0.25, 0.3) is 0 Å². The number of rotatable bonds is 6. The monoisotopic (exact) mass is 333 g/mol. The zero-order valence-electron chi connectivity index (χ0n) is 13.0. The van der Waals surface area contributed by atoms with Gasteiger partial charge in [0.25, 0.3) is 0 Å². The largest absolute Gasteiger partial charge is 0.460 e. The van der Waals surface area contributed by atoms with E-state index in [1.54, 1.807) is 20.8 Å². The first-order chi connectivity index (χ1) is 9.89. The number of carbonyl (C=O) groups is 1. The van der Waals surface area contributed by atoms with Crippen LogP contribution in [-0.4, -0.2) is 36.8 Å². The number of hydrogen-bond donors (Lipinski definition) is 1. The third-order valence-corrected chi connectivity index (χ3v) is 3.00. The molecule has 1 heterocycles. The normalized spacial score (nSPS) is 14.5. The summed E-state index contributed by atoms with van der Waals surface area (Å²) in [6.45, 7) is 6.77. The number of imidazole rings is 1. The second-order valence-corrected chi connectivity index (χ2v) is 6.67. The van der Waals surface area contributed by atoms with Gasteiger partial charge in [-0.3, -0.25) is 9.36 Å². The summed E-state index contributed by atoms with van der Waals surface area (Å²) in [5.41, 5.74) is -1.87. The van der Waals surface area contributed by atoms with Gasteiger partial charge in [-0.2, -0.15) is 0 Å². The van der Waals surface area contributed by atoms with E-state index >= 15 is 0 Å². The minimum atomic E-state index is -1.28. The lowest BCUT2D eigenvalue weighted by Gasteiger charge is -2.24. The molecule has 0 saturated carbocycles. The van der Waals surface area contributed by atoms with Gasteiger partial charge in [-0.1, -0.05) is 0 Å². The number of nitro groups is 1. The Kier molecular flexibility index (Phi) is 5.53. The number of ether oxygens (including phenoxy) is 1. The van der Waals surface area contributed by atoms with Gasteiger partial charge in [-0.15, -0.1) is 0 Å². The van der Waals surface area contributed by atoms with Crippen molar-refractivity contribution in [3.8, 4) is 0 Å². The summed E-state index contributed by atoms with van der Waals surface area (Å²) in [5.74, 6) is -0.816. The molecule has 0 bridgehead atoms. The van der Waals surface area contributed by atoms with Crippen molar-refractivity contribution in [3.05, 3.63) is 21.6 Å². The quantitative estimate of drug-likeness (QED) is 0.486. The van der Waals surface area contributed by atoms with Crippen LogP contribution in [0.3, 0.4) is 0 Å². The first-order valence-electron chi connectivity index (χ1n) is 6.71. The molecule has 0 fully saturated rings. The fourth-order valence-corrected chi connectivity index (χ4v) is 1.98. The molecule has 1 rings (SSSR count). The lowest BCUT2D eigenvalue weighted by molar-refractivity contribution is -0.389. The Hall–Kier alpha value is -1.67. The molecule has 0 aromatic carbocycles. The Morgan fingerprint density at radius 2 is 2.09 bits per heavy atom. The average molecular weight is 334 g/mol. The van der Waals surface area contributed by atoms with Crippen molar-refractivity contribution < 1.29 is 19.6 Å². The highest BCUT2D eigenvalue weighted by Gasteiger charge is 2.27. The Bertz CT molecular complexity index is 563. The molecular formula is C13H20ClN3O5. The molecule has 1 unspecified atom stereocenters. The highest BCUT2D eigenvalue weighted by atomic mass is 35.5. The lowest BCUT2D eigenvalue weighted by Crippen LogP contribution is -2.32. The molecule has 22 heavy (non-hydrogen) atoms. The number of aromatic nitrogens is 2. The zero-order valence-corrected chi connectivity index (χ0v) is 13.8. The van der Waals surface area contributed by atoms with Crippen LogP contribution in [0.15, 0.2) is 6.20 Å². The van der Waals surface area contributed by atoms with E-state index in [1.165, 1.54) is 11.5 Å². The van der Waals surface area contributed by atoms with Crippen LogP contribution in [-0.2, 0) is 16.1 Å². The van der Waals surface area contributed by atoms with E-state index in [0.717, 1.165) is 6.20 Å².